The van der Waals surface area contributed by atoms with E-state index >= 15 is 0 Å². The molecule has 20 heavy (non-hydrogen) atoms. The van der Waals surface area contributed by atoms with Gasteiger partial charge in [-0.25, -0.2) is 0 Å². The highest BCUT2D eigenvalue weighted by Gasteiger charge is 2.36. The molecular weight excluding hydrogens is 258 g/mol. The molecule has 0 aromatic heterocycles. The molecule has 108 valence electrons. The first-order chi connectivity index (χ1) is 9.47. The van der Waals surface area contributed by atoms with E-state index in [4.69, 9.17) is 5.73 Å². The van der Waals surface area contributed by atoms with Crippen LogP contribution < -0.4 is 5.73 Å². The Labute approximate surface area is 117 Å². The van der Waals surface area contributed by atoms with Gasteiger partial charge < -0.3 is 10.6 Å². The molecule has 1 amide bonds. The second kappa shape index (κ2) is 5.48. The van der Waals surface area contributed by atoms with Gasteiger partial charge in [-0.1, -0.05) is 13.0 Å². The van der Waals surface area contributed by atoms with Crippen LogP contribution >= 0.6 is 0 Å². The molecule has 0 radical (unpaired) electrons. The fourth-order valence-electron chi connectivity index (χ4n) is 2.92. The first-order valence-electron chi connectivity index (χ1n) is 6.82. The molecular formula is C14H19N3O3. The summed E-state index contributed by atoms with van der Waals surface area (Å²) in [6.07, 6.45) is 2.73. The molecule has 1 aliphatic rings. The summed E-state index contributed by atoms with van der Waals surface area (Å²) < 4.78 is 0. The molecule has 0 bridgehead atoms. The monoisotopic (exact) mass is 277 g/mol. The van der Waals surface area contributed by atoms with Crippen molar-refractivity contribution in [1.82, 2.24) is 4.90 Å². The van der Waals surface area contributed by atoms with E-state index in [0.29, 0.717) is 0 Å². The number of nitro groups is 1. The van der Waals surface area contributed by atoms with E-state index in [0.717, 1.165) is 19.3 Å². The summed E-state index contributed by atoms with van der Waals surface area (Å²) >= 11 is 0. The Bertz CT molecular complexity index is 544. The average Bonchev–Trinajstić information content (AvgIpc) is 2.78. The standard InChI is InChI=1S/C14H19N3O3/c1-3-10-8-7-9(2)16(10)14(18)11-5-4-6-12(15)13(11)17(19)20/h4-6,9-10H,3,7-8,15H2,1-2H3. The molecule has 1 saturated heterocycles. The third kappa shape index (κ3) is 2.33. The summed E-state index contributed by atoms with van der Waals surface area (Å²) in [6.45, 7) is 4.00. The zero-order valence-corrected chi connectivity index (χ0v) is 11.7. The molecule has 0 aliphatic carbocycles. The molecule has 1 fully saturated rings. The SMILES string of the molecule is CCC1CCC(C)N1C(=O)c1cccc(N)c1[N+](=O)[O-]. The number of nitro benzene ring substituents is 1. The fraction of sp³-hybridized carbons (Fsp3) is 0.500. The Hall–Kier alpha value is -2.11. The van der Waals surface area contributed by atoms with Crippen molar-refractivity contribution in [3.8, 4) is 0 Å². The molecule has 1 aromatic rings. The molecule has 6 heteroatoms. The van der Waals surface area contributed by atoms with Gasteiger partial charge >= 0.3 is 5.69 Å². The number of nitrogens with zero attached hydrogens (tertiary/aromatic N) is 2. The number of carbonyl (C=O) groups is 1. The van der Waals surface area contributed by atoms with Gasteiger partial charge in [0.1, 0.15) is 11.3 Å². The van der Waals surface area contributed by atoms with Crippen molar-refractivity contribution in [1.29, 1.82) is 0 Å². The minimum Gasteiger partial charge on any atom is -0.393 e. The molecule has 1 aromatic carbocycles. The van der Waals surface area contributed by atoms with E-state index in [9.17, 15) is 14.9 Å². The quantitative estimate of drug-likeness (QED) is 0.522. The minimum atomic E-state index is -0.579. The number of benzene rings is 1. The molecule has 2 unspecified atom stereocenters. The van der Waals surface area contributed by atoms with Crippen LogP contribution in [-0.4, -0.2) is 27.8 Å². The number of nitrogens with two attached hydrogens (primary N) is 1. The minimum absolute atomic E-state index is 0.0285. The zero-order chi connectivity index (χ0) is 14.9. The predicted molar refractivity (Wildman–Crippen MR) is 76.5 cm³/mol. The number of para-hydroxylation sites is 1. The smallest absolute Gasteiger partial charge is 0.304 e. The van der Waals surface area contributed by atoms with Gasteiger partial charge in [-0.2, -0.15) is 0 Å². The molecule has 0 spiro atoms. The fourth-order valence-corrected chi connectivity index (χ4v) is 2.92. The molecule has 1 aliphatic heterocycles. The summed E-state index contributed by atoms with van der Waals surface area (Å²) in [7, 11) is 0. The van der Waals surface area contributed by atoms with Crippen LogP contribution in [0, 0.1) is 10.1 Å². The predicted octanol–water partition coefficient (Wildman–Crippen LogP) is 2.58. The third-order valence-corrected chi connectivity index (χ3v) is 3.97. The second-order valence-corrected chi connectivity index (χ2v) is 5.20. The van der Waals surface area contributed by atoms with Crippen LogP contribution in [-0.2, 0) is 0 Å². The highest BCUT2D eigenvalue weighted by molar-refractivity contribution is 6.00. The lowest BCUT2D eigenvalue weighted by atomic mass is 10.1. The normalized spacial score (nSPS) is 22.0. The van der Waals surface area contributed by atoms with Gasteiger partial charge in [-0.05, 0) is 38.3 Å². The number of rotatable bonds is 3. The Morgan fingerprint density at radius 2 is 2.20 bits per heavy atom. The maximum Gasteiger partial charge on any atom is 0.304 e. The molecule has 2 rings (SSSR count). The number of hydrogen-bond donors (Lipinski definition) is 1. The van der Waals surface area contributed by atoms with E-state index in [2.05, 4.69) is 0 Å². The topological polar surface area (TPSA) is 89.5 Å². The largest absolute Gasteiger partial charge is 0.393 e. The molecule has 0 saturated carbocycles. The second-order valence-electron chi connectivity index (χ2n) is 5.20. The lowest BCUT2D eigenvalue weighted by Gasteiger charge is -2.28. The zero-order valence-electron chi connectivity index (χ0n) is 11.7. The summed E-state index contributed by atoms with van der Waals surface area (Å²) in [6, 6.07) is 4.76. The van der Waals surface area contributed by atoms with Gasteiger partial charge in [-0.15, -0.1) is 0 Å². The van der Waals surface area contributed by atoms with Crippen molar-refractivity contribution in [3.05, 3.63) is 33.9 Å². The number of likely N-dealkylation sites (tertiary alicyclic amines) is 1. The first kappa shape index (κ1) is 14.3. The van der Waals surface area contributed by atoms with Crippen LogP contribution in [0.1, 0.15) is 43.5 Å². The Morgan fingerprint density at radius 1 is 1.50 bits per heavy atom. The van der Waals surface area contributed by atoms with E-state index in [1.54, 1.807) is 11.0 Å². The molecule has 6 nitrogen and oxygen atoms in total. The van der Waals surface area contributed by atoms with Crippen molar-refractivity contribution in [3.63, 3.8) is 0 Å². The van der Waals surface area contributed by atoms with Gasteiger partial charge in [-0.3, -0.25) is 14.9 Å². The molecule has 1 heterocycles. The van der Waals surface area contributed by atoms with Crippen LogP contribution in [0.25, 0.3) is 0 Å². The maximum atomic E-state index is 12.7. The number of anilines is 1. The molecule has 2 N–H and O–H groups in total. The highest BCUT2D eigenvalue weighted by atomic mass is 16.6. The number of hydrogen-bond acceptors (Lipinski definition) is 4. The number of nitrogen functional groups attached to an aromatic ring is 1. The summed E-state index contributed by atoms with van der Waals surface area (Å²) in [5.74, 6) is -0.291. The number of amides is 1. The number of carbonyl (C=O) groups excluding carboxylic acids is 1. The highest BCUT2D eigenvalue weighted by Crippen LogP contribution is 2.32. The van der Waals surface area contributed by atoms with Crippen molar-refractivity contribution < 1.29 is 9.72 Å². The van der Waals surface area contributed by atoms with Gasteiger partial charge in [0.05, 0.1) is 4.92 Å². The summed E-state index contributed by atoms with van der Waals surface area (Å²) in [4.78, 5) is 25.0. The lowest BCUT2D eigenvalue weighted by Crippen LogP contribution is -2.40. The lowest BCUT2D eigenvalue weighted by molar-refractivity contribution is -0.384. The van der Waals surface area contributed by atoms with Crippen LogP contribution in [0.2, 0.25) is 0 Å². The van der Waals surface area contributed by atoms with Crippen LogP contribution in [0.3, 0.4) is 0 Å². The van der Waals surface area contributed by atoms with Crippen LogP contribution in [0.15, 0.2) is 18.2 Å². The Morgan fingerprint density at radius 3 is 2.80 bits per heavy atom. The van der Waals surface area contributed by atoms with Gasteiger partial charge in [0, 0.05) is 12.1 Å². The summed E-state index contributed by atoms with van der Waals surface area (Å²) in [5.41, 5.74) is 5.48. The van der Waals surface area contributed by atoms with Crippen molar-refractivity contribution in [2.24, 2.45) is 0 Å². The third-order valence-electron chi connectivity index (χ3n) is 3.97. The van der Waals surface area contributed by atoms with Gasteiger partial charge in [0.15, 0.2) is 0 Å². The average molecular weight is 277 g/mol. The van der Waals surface area contributed by atoms with Crippen molar-refractivity contribution in [2.45, 2.75) is 45.2 Å². The van der Waals surface area contributed by atoms with Gasteiger partial charge in [0.2, 0.25) is 0 Å². The molecule has 2 atom stereocenters. The van der Waals surface area contributed by atoms with E-state index in [1.165, 1.54) is 12.1 Å². The van der Waals surface area contributed by atoms with Crippen LogP contribution in [0.5, 0.6) is 0 Å². The first-order valence-corrected chi connectivity index (χ1v) is 6.82. The van der Waals surface area contributed by atoms with E-state index in [1.807, 2.05) is 13.8 Å². The van der Waals surface area contributed by atoms with Crippen molar-refractivity contribution in [2.75, 3.05) is 5.73 Å². The maximum absolute atomic E-state index is 12.7. The Kier molecular flexibility index (Phi) is 3.92. The van der Waals surface area contributed by atoms with Crippen molar-refractivity contribution >= 4 is 17.3 Å². The van der Waals surface area contributed by atoms with Crippen LogP contribution in [0.4, 0.5) is 11.4 Å². The Balaban J connectivity index is 2.43. The van der Waals surface area contributed by atoms with E-state index in [-0.39, 0.29) is 34.9 Å². The van der Waals surface area contributed by atoms with E-state index < -0.39 is 4.92 Å². The van der Waals surface area contributed by atoms with Gasteiger partial charge in [0.25, 0.3) is 5.91 Å². The summed E-state index contributed by atoms with van der Waals surface area (Å²) in [5, 5.41) is 11.1.